The first kappa shape index (κ1) is 91.4. The minimum Gasteiger partial charge on any atom is -0.394 e. The number of ether oxygens (including phenoxy) is 6. The summed E-state index contributed by atoms with van der Waals surface area (Å²) in [5.41, 5.74) is 0. The lowest BCUT2D eigenvalue weighted by Gasteiger charge is -2.48. The molecule has 580 valence electrons. The number of unbranched alkanes of at least 4 members (excludes halogenated alkanes) is 26. The molecule has 19 heteroatoms. The summed E-state index contributed by atoms with van der Waals surface area (Å²) in [7, 11) is 0. The Hall–Kier alpha value is -3.81. The van der Waals surface area contributed by atoms with Gasteiger partial charge in [-0.3, -0.25) is 4.79 Å². The van der Waals surface area contributed by atoms with Gasteiger partial charge in [-0.2, -0.15) is 0 Å². The van der Waals surface area contributed by atoms with Crippen LogP contribution < -0.4 is 5.32 Å². The fraction of sp³-hybridized carbons (Fsp3) is 0.744. The molecule has 0 radical (unpaired) electrons. The Morgan fingerprint density at radius 2 is 0.693 bits per heavy atom. The lowest BCUT2D eigenvalue weighted by Crippen LogP contribution is -2.66. The van der Waals surface area contributed by atoms with Crippen molar-refractivity contribution in [2.24, 2.45) is 0 Å². The average molecular weight is 1430 g/mol. The molecule has 3 heterocycles. The summed E-state index contributed by atoms with van der Waals surface area (Å²) in [5, 5.41) is 121. The second kappa shape index (κ2) is 61.4. The van der Waals surface area contributed by atoms with E-state index in [0.717, 1.165) is 103 Å². The van der Waals surface area contributed by atoms with Crippen molar-refractivity contribution in [3.63, 3.8) is 0 Å². The molecule has 101 heavy (non-hydrogen) atoms. The number of carbonyl (C=O) groups is 1. The third-order valence-electron chi connectivity index (χ3n) is 18.7. The molecule has 17 unspecified atom stereocenters. The van der Waals surface area contributed by atoms with Gasteiger partial charge in [-0.1, -0.05) is 270 Å². The lowest BCUT2D eigenvalue weighted by molar-refractivity contribution is -0.379. The molecule has 17 atom stereocenters. The van der Waals surface area contributed by atoms with Crippen LogP contribution in [-0.4, -0.2) is 193 Å². The predicted molar refractivity (Wildman–Crippen MR) is 401 cm³/mol. The summed E-state index contributed by atoms with van der Waals surface area (Å²) in [6, 6.07) is -1.01. The van der Waals surface area contributed by atoms with E-state index in [1.807, 2.05) is 6.08 Å². The van der Waals surface area contributed by atoms with Crippen LogP contribution >= 0.6 is 0 Å². The van der Waals surface area contributed by atoms with Gasteiger partial charge in [0.15, 0.2) is 18.9 Å². The fourth-order valence-corrected chi connectivity index (χ4v) is 12.4. The summed E-state index contributed by atoms with van der Waals surface area (Å²) < 4.78 is 34.4. The Morgan fingerprint density at radius 1 is 0.366 bits per heavy atom. The van der Waals surface area contributed by atoms with Gasteiger partial charge in [0.2, 0.25) is 5.91 Å². The van der Waals surface area contributed by atoms with Crippen molar-refractivity contribution in [2.45, 2.75) is 362 Å². The van der Waals surface area contributed by atoms with Crippen molar-refractivity contribution >= 4 is 5.91 Å². The first-order valence-corrected chi connectivity index (χ1v) is 39.3. The summed E-state index contributed by atoms with van der Waals surface area (Å²) in [6.07, 6.45) is 58.9. The van der Waals surface area contributed by atoms with Crippen LogP contribution in [0.25, 0.3) is 0 Å². The maximum atomic E-state index is 13.5. The lowest BCUT2D eigenvalue weighted by atomic mass is 9.96. The highest BCUT2D eigenvalue weighted by Gasteiger charge is 2.53. The van der Waals surface area contributed by atoms with E-state index in [-0.39, 0.29) is 18.9 Å². The van der Waals surface area contributed by atoms with Crippen LogP contribution in [0.4, 0.5) is 0 Å². The maximum absolute atomic E-state index is 13.5. The Bertz CT molecular complexity index is 2300. The van der Waals surface area contributed by atoms with Crippen molar-refractivity contribution in [3.05, 3.63) is 122 Å². The van der Waals surface area contributed by atoms with Gasteiger partial charge in [0, 0.05) is 6.42 Å². The number of rotatable bonds is 60. The van der Waals surface area contributed by atoms with Gasteiger partial charge >= 0.3 is 0 Å². The molecule has 0 bridgehead atoms. The van der Waals surface area contributed by atoms with Gasteiger partial charge in [0.05, 0.1) is 38.6 Å². The highest BCUT2D eigenvalue weighted by atomic mass is 16.8. The molecule has 3 rings (SSSR count). The SMILES string of the molecule is CC/C=C\C/C=C\C/C=C\C/C=C\C/C=C\C/C=C\C/C=C\CCCCCCCCCCCCCC(=O)NC(COC1OC(CO)C(OC2OC(CO)C(OC3OC(CO)C(O)C(O)C3O)C(O)C2O)C(O)C1O)C(O)/C=C/CC/C=C/CC/C=C/CCCCCCCCCCCCCCC. The van der Waals surface area contributed by atoms with Gasteiger partial charge in [-0.05, 0) is 103 Å². The number of hydrogen-bond donors (Lipinski definition) is 12. The highest BCUT2D eigenvalue weighted by molar-refractivity contribution is 5.76. The second-order valence-electron chi connectivity index (χ2n) is 27.4. The van der Waals surface area contributed by atoms with E-state index in [0.29, 0.717) is 12.8 Å². The molecule has 0 aromatic rings. The van der Waals surface area contributed by atoms with Crippen molar-refractivity contribution in [1.82, 2.24) is 5.32 Å². The number of hydrogen-bond acceptors (Lipinski definition) is 18. The minimum absolute atomic E-state index is 0.221. The van der Waals surface area contributed by atoms with Crippen LogP contribution in [0.15, 0.2) is 122 Å². The van der Waals surface area contributed by atoms with Gasteiger partial charge in [0.25, 0.3) is 0 Å². The molecule has 0 aromatic heterocycles. The van der Waals surface area contributed by atoms with Crippen molar-refractivity contribution in [3.8, 4) is 0 Å². The quantitative estimate of drug-likeness (QED) is 0.0199. The van der Waals surface area contributed by atoms with Crippen molar-refractivity contribution < 1.29 is 89.4 Å². The van der Waals surface area contributed by atoms with Crippen LogP contribution in [0.3, 0.4) is 0 Å². The van der Waals surface area contributed by atoms with Gasteiger partial charge in [-0.15, -0.1) is 0 Å². The third-order valence-corrected chi connectivity index (χ3v) is 18.7. The number of nitrogens with one attached hydrogen (secondary N) is 1. The Balaban J connectivity index is 1.40. The van der Waals surface area contributed by atoms with Gasteiger partial charge < -0.3 is 89.9 Å². The molecular formula is C82H139NO18. The van der Waals surface area contributed by atoms with Crippen LogP contribution in [0, 0.1) is 0 Å². The van der Waals surface area contributed by atoms with E-state index in [2.05, 4.69) is 129 Å². The molecule has 0 saturated carbocycles. The summed E-state index contributed by atoms with van der Waals surface area (Å²) in [5.74, 6) is -0.296. The van der Waals surface area contributed by atoms with Crippen LogP contribution in [0.2, 0.25) is 0 Å². The molecule has 19 nitrogen and oxygen atoms in total. The Labute approximate surface area is 608 Å². The van der Waals surface area contributed by atoms with Crippen LogP contribution in [-0.2, 0) is 33.2 Å². The first-order chi connectivity index (χ1) is 49.3. The summed E-state index contributed by atoms with van der Waals surface area (Å²) in [6.45, 7) is 1.60. The molecule has 0 aliphatic carbocycles. The van der Waals surface area contributed by atoms with Crippen LogP contribution in [0.5, 0.6) is 0 Å². The van der Waals surface area contributed by atoms with E-state index in [1.54, 1.807) is 6.08 Å². The number of amides is 1. The first-order valence-electron chi connectivity index (χ1n) is 39.3. The predicted octanol–water partition coefficient (Wildman–Crippen LogP) is 12.7. The molecule has 3 saturated heterocycles. The second-order valence-corrected chi connectivity index (χ2v) is 27.4. The smallest absolute Gasteiger partial charge is 0.220 e. The maximum Gasteiger partial charge on any atom is 0.220 e. The van der Waals surface area contributed by atoms with E-state index < -0.39 is 124 Å². The van der Waals surface area contributed by atoms with Crippen LogP contribution in [0.1, 0.15) is 258 Å². The van der Waals surface area contributed by atoms with E-state index in [1.165, 1.54) is 122 Å². The molecular weight excluding hydrogens is 1290 g/mol. The zero-order chi connectivity index (χ0) is 73.2. The molecule has 3 fully saturated rings. The minimum atomic E-state index is -1.99. The summed E-state index contributed by atoms with van der Waals surface area (Å²) >= 11 is 0. The molecule has 3 aliphatic rings. The standard InChI is InChI=1S/C82H139NO18/c1-3-5-7-9-11-13-15-17-19-21-23-25-27-28-29-30-31-32-33-34-35-36-38-40-42-44-46-48-50-52-54-56-58-60-70(88)83-65(66(87)59-57-55-53-51-49-47-45-43-41-39-37-26-24-22-20-18-16-14-12-10-8-6-4-2)64-96-80-76(94)73(91)78(68(62-85)98-80)101-82-77(95)74(92)79(69(63-86)99-82)100-81-75(93)72(90)71(89)67(61-84)97-81/h5,7,11,13,17,19,23,25,28-29,31-32,34-35,41,43,49,51,57,59,65-69,71-82,84-87,89-95H,3-4,6,8-10,12,14-16,18,20-22,24,26-27,30,33,36-40,42,44-48,50,52-56,58,60-64H2,1-2H3,(H,83,88)/b7-5-,13-11-,19-17-,25-23-,29-28-,32-31-,35-34-,43-41+,51-49+,59-57+. The average Bonchev–Trinajstić information content (AvgIpc) is 0.783. The molecule has 0 spiro atoms. The number of carbonyl (C=O) groups excluding carboxylic acids is 1. The number of allylic oxidation sites excluding steroid dienone is 19. The zero-order valence-electron chi connectivity index (χ0n) is 61.8. The summed E-state index contributed by atoms with van der Waals surface area (Å²) in [4.78, 5) is 13.5. The van der Waals surface area contributed by atoms with E-state index >= 15 is 0 Å². The monoisotopic (exact) mass is 1430 g/mol. The highest BCUT2D eigenvalue weighted by Crippen LogP contribution is 2.33. The van der Waals surface area contributed by atoms with E-state index in [9.17, 15) is 61.0 Å². The molecule has 3 aliphatic heterocycles. The Morgan fingerprint density at radius 3 is 1.11 bits per heavy atom. The normalized spacial score (nSPS) is 27.0. The van der Waals surface area contributed by atoms with E-state index in [4.69, 9.17) is 28.4 Å². The number of aliphatic hydroxyl groups is 11. The Kier molecular flexibility index (Phi) is 55.5. The fourth-order valence-electron chi connectivity index (χ4n) is 12.4. The number of aliphatic hydroxyl groups excluding tert-OH is 11. The van der Waals surface area contributed by atoms with Crippen molar-refractivity contribution in [2.75, 3.05) is 26.4 Å². The largest absolute Gasteiger partial charge is 0.394 e. The van der Waals surface area contributed by atoms with Gasteiger partial charge in [0.1, 0.15) is 73.2 Å². The molecule has 12 N–H and O–H groups in total. The molecule has 0 aromatic carbocycles. The third kappa shape index (κ3) is 41.6. The van der Waals surface area contributed by atoms with Crippen molar-refractivity contribution in [1.29, 1.82) is 0 Å². The van der Waals surface area contributed by atoms with Gasteiger partial charge in [-0.25, -0.2) is 0 Å². The topological polar surface area (TPSA) is 307 Å². The zero-order valence-corrected chi connectivity index (χ0v) is 61.8. The molecule has 1 amide bonds.